The molecule has 8 nitrogen and oxygen atoms in total. The first-order chi connectivity index (χ1) is 3.46. The van der Waals surface area contributed by atoms with Crippen LogP contribution in [0.15, 0.2) is 0 Å². The molecule has 0 atom stereocenters. The van der Waals surface area contributed by atoms with Crippen LogP contribution in [0.5, 0.6) is 0 Å². The van der Waals surface area contributed by atoms with E-state index < -0.39 is 11.2 Å². The Morgan fingerprint density at radius 3 is 1.30 bits per heavy atom. The van der Waals surface area contributed by atoms with E-state index in [0.717, 1.165) is 0 Å². The number of rotatable bonds is 0. The molecule has 0 heterocycles. The second kappa shape index (κ2) is 15.7. The van der Waals surface area contributed by atoms with E-state index in [9.17, 15) is 0 Å². The molecular weight excluding hydrogens is 244 g/mol. The Hall–Kier alpha value is -0.830. The Morgan fingerprint density at radius 1 is 1.30 bits per heavy atom. The van der Waals surface area contributed by atoms with E-state index >= 15 is 0 Å². The van der Waals surface area contributed by atoms with Gasteiger partial charge in [0.25, 0.3) is 0 Å². The molecule has 0 radical (unpaired) electrons. The Labute approximate surface area is 70.7 Å². The number of carbonyl (C=O) groups is 1. The van der Waals surface area contributed by atoms with Crippen molar-refractivity contribution in [3.8, 4) is 0 Å². The molecule has 0 aromatic heterocycles. The van der Waals surface area contributed by atoms with Gasteiger partial charge in [-0.2, -0.15) is 0 Å². The van der Waals surface area contributed by atoms with Crippen LogP contribution in [0.4, 0.5) is 4.79 Å². The number of nitrogens with zero attached hydrogens (tertiary/aromatic N) is 1. The van der Waals surface area contributed by atoms with E-state index in [2.05, 4.69) is 0 Å². The number of carboxylic acid groups (broad SMARTS) is 2. The van der Waals surface area contributed by atoms with E-state index in [4.69, 9.17) is 30.3 Å². The molecule has 10 heavy (non-hydrogen) atoms. The van der Waals surface area contributed by atoms with Crippen LogP contribution in [0.25, 0.3) is 0 Å². The van der Waals surface area contributed by atoms with E-state index in [1.807, 2.05) is 0 Å². The standard InChI is InChI=1S/CH2O3.Ag.NO3.H3N/c2-1(3)4;;2-1(3)4;/h(H2,2,3,4);;;1H3/q;+1;-1;. The summed E-state index contributed by atoms with van der Waals surface area (Å²) in [6.07, 6.45) is -1.83. The molecule has 0 amide bonds. The molecule has 0 aliphatic carbocycles. The van der Waals surface area contributed by atoms with Gasteiger partial charge in [-0.1, -0.05) is 0 Å². The SMILES string of the molecule is N.O=C(O)O.O=[N+]([O-])[O-].[Ag+]. The maximum atomic E-state index is 8.56. The van der Waals surface area contributed by atoms with Crippen LogP contribution >= 0.6 is 0 Å². The topological polar surface area (TPSA) is 159 Å². The molecule has 0 aromatic carbocycles. The normalized spacial score (nSPS) is 4.80. The van der Waals surface area contributed by atoms with Gasteiger partial charge in [0.15, 0.2) is 0 Å². The fraction of sp³-hybridized carbons (Fsp3) is 0. The van der Waals surface area contributed by atoms with Crippen molar-refractivity contribution in [2.24, 2.45) is 0 Å². The third-order valence-electron chi connectivity index (χ3n) is 0. The molecule has 0 bridgehead atoms. The molecule has 0 aliphatic heterocycles. The van der Waals surface area contributed by atoms with Crippen LogP contribution in [0.1, 0.15) is 0 Å². The summed E-state index contributed by atoms with van der Waals surface area (Å²) in [6.45, 7) is 0. The third-order valence-corrected chi connectivity index (χ3v) is 0. The van der Waals surface area contributed by atoms with Crippen LogP contribution in [0.2, 0.25) is 0 Å². The fourth-order valence-corrected chi connectivity index (χ4v) is 0. The first-order valence-corrected chi connectivity index (χ1v) is 1.20. The zero-order valence-electron chi connectivity index (χ0n) is 4.48. The monoisotopic (exact) mass is 248 g/mol. The first kappa shape index (κ1) is 22.9. The van der Waals surface area contributed by atoms with E-state index in [1.54, 1.807) is 0 Å². The van der Waals surface area contributed by atoms with Gasteiger partial charge in [-0.3, -0.25) is 0 Å². The smallest absolute Gasteiger partial charge is 0.450 e. The van der Waals surface area contributed by atoms with Gasteiger partial charge >= 0.3 is 28.5 Å². The molecule has 0 spiro atoms. The Morgan fingerprint density at radius 2 is 1.30 bits per heavy atom. The summed E-state index contributed by atoms with van der Waals surface area (Å²) in [6, 6.07) is 0. The Bertz CT molecular complexity index is 73.7. The van der Waals surface area contributed by atoms with E-state index in [-0.39, 0.29) is 28.5 Å². The van der Waals surface area contributed by atoms with Gasteiger partial charge in [0.05, 0.1) is 5.09 Å². The zero-order chi connectivity index (χ0) is 7.15. The van der Waals surface area contributed by atoms with Crippen molar-refractivity contribution in [2.45, 2.75) is 0 Å². The van der Waals surface area contributed by atoms with Crippen molar-refractivity contribution >= 4 is 6.16 Å². The molecule has 0 unspecified atom stereocenters. The van der Waals surface area contributed by atoms with Gasteiger partial charge in [0, 0.05) is 0 Å². The second-order valence-electron chi connectivity index (χ2n) is 0.506. The minimum Gasteiger partial charge on any atom is -0.450 e. The van der Waals surface area contributed by atoms with Crippen molar-refractivity contribution in [3.05, 3.63) is 15.3 Å². The molecule has 0 saturated heterocycles. The van der Waals surface area contributed by atoms with E-state index in [0.29, 0.717) is 0 Å². The largest absolute Gasteiger partial charge is 1.00 e. The predicted octanol–water partition coefficient (Wildman–Crippen LogP) is 0.143. The van der Waals surface area contributed by atoms with Crippen LogP contribution in [0, 0.1) is 15.3 Å². The molecule has 9 heteroatoms. The van der Waals surface area contributed by atoms with E-state index in [1.165, 1.54) is 0 Å². The van der Waals surface area contributed by atoms with Crippen LogP contribution in [-0.2, 0) is 22.4 Å². The Balaban J connectivity index is -0.0000000300. The summed E-state index contributed by atoms with van der Waals surface area (Å²) in [7, 11) is 0. The molecule has 0 fully saturated rings. The summed E-state index contributed by atoms with van der Waals surface area (Å²) < 4.78 is 0. The Kier molecular flexibility index (Phi) is 36.0. The minimum absolute atomic E-state index is 0. The zero-order valence-corrected chi connectivity index (χ0v) is 5.97. The van der Waals surface area contributed by atoms with Crippen molar-refractivity contribution in [1.82, 2.24) is 6.15 Å². The molecule has 0 aromatic rings. The van der Waals surface area contributed by atoms with Crippen LogP contribution in [-0.4, -0.2) is 21.5 Å². The number of hydrogen-bond acceptors (Lipinski definition) is 5. The van der Waals surface area contributed by atoms with Crippen molar-refractivity contribution < 1.29 is 42.5 Å². The van der Waals surface area contributed by atoms with Gasteiger partial charge in [-0.15, -0.1) is 0 Å². The quantitative estimate of drug-likeness (QED) is 0.312. The molecule has 66 valence electrons. The average molecular weight is 249 g/mol. The fourth-order valence-electron chi connectivity index (χ4n) is 0. The minimum atomic E-state index is -1.83. The van der Waals surface area contributed by atoms with Crippen LogP contribution in [0.3, 0.4) is 0 Å². The molecule has 0 rings (SSSR count). The average Bonchev–Trinajstić information content (AvgIpc) is 1.25. The van der Waals surface area contributed by atoms with Crippen molar-refractivity contribution in [2.75, 3.05) is 0 Å². The first-order valence-electron chi connectivity index (χ1n) is 1.20. The van der Waals surface area contributed by atoms with Crippen molar-refractivity contribution in [3.63, 3.8) is 0 Å². The summed E-state index contributed by atoms with van der Waals surface area (Å²) in [4.78, 5) is 16.8. The molecule has 0 saturated carbocycles. The summed E-state index contributed by atoms with van der Waals surface area (Å²) in [5, 5.41) is 28.7. The molecule has 0 aliphatic rings. The van der Waals surface area contributed by atoms with Gasteiger partial charge < -0.3 is 31.7 Å². The summed E-state index contributed by atoms with van der Waals surface area (Å²) >= 11 is 0. The predicted molar refractivity (Wildman–Crippen MR) is 26.0 cm³/mol. The second-order valence-corrected chi connectivity index (χ2v) is 0.506. The summed E-state index contributed by atoms with van der Waals surface area (Å²) in [5.74, 6) is 0. The maximum absolute atomic E-state index is 8.56. The summed E-state index contributed by atoms with van der Waals surface area (Å²) in [5.41, 5.74) is 0. The number of hydrogen-bond donors (Lipinski definition) is 3. The third kappa shape index (κ3) is 397. The molecular formula is CH5AgN2O6. The van der Waals surface area contributed by atoms with Crippen molar-refractivity contribution in [1.29, 1.82) is 0 Å². The van der Waals surface area contributed by atoms with Gasteiger partial charge in [0.2, 0.25) is 0 Å². The van der Waals surface area contributed by atoms with Gasteiger partial charge in [-0.05, 0) is 0 Å². The maximum Gasteiger partial charge on any atom is 1.00 e. The van der Waals surface area contributed by atoms with Gasteiger partial charge in [-0.25, -0.2) is 4.79 Å². The molecule has 5 N–H and O–H groups in total. The van der Waals surface area contributed by atoms with Gasteiger partial charge in [0.1, 0.15) is 0 Å². The van der Waals surface area contributed by atoms with Crippen LogP contribution < -0.4 is 6.15 Å².